The lowest BCUT2D eigenvalue weighted by Gasteiger charge is -2.15. The molecule has 2 amide bonds. The standard InChI is InChI=1S/C13H14N4O3/c1-17(2)11-9(5-3-7-14-11)12(18)15-16-13(19)10-6-4-8-20-10/h3-8H,1-2H3,(H,15,18)(H,16,19). The Morgan fingerprint density at radius 2 is 1.90 bits per heavy atom. The Balaban J connectivity index is 2.04. The molecule has 0 bridgehead atoms. The maximum absolute atomic E-state index is 12.0. The van der Waals surface area contributed by atoms with Gasteiger partial charge in [-0.15, -0.1) is 0 Å². The fourth-order valence-corrected chi connectivity index (χ4v) is 1.58. The molecule has 0 fully saturated rings. The zero-order chi connectivity index (χ0) is 14.5. The molecule has 2 aromatic heterocycles. The van der Waals surface area contributed by atoms with Gasteiger partial charge in [0.15, 0.2) is 5.76 Å². The van der Waals surface area contributed by atoms with Crippen molar-refractivity contribution in [3.05, 3.63) is 48.0 Å². The van der Waals surface area contributed by atoms with Gasteiger partial charge in [-0.05, 0) is 24.3 Å². The van der Waals surface area contributed by atoms with Crippen molar-refractivity contribution in [2.24, 2.45) is 0 Å². The highest BCUT2D eigenvalue weighted by atomic mass is 16.3. The van der Waals surface area contributed by atoms with Crippen molar-refractivity contribution >= 4 is 17.6 Å². The van der Waals surface area contributed by atoms with Crippen LogP contribution >= 0.6 is 0 Å². The molecule has 0 aromatic carbocycles. The van der Waals surface area contributed by atoms with Gasteiger partial charge < -0.3 is 9.32 Å². The number of aromatic nitrogens is 1. The quantitative estimate of drug-likeness (QED) is 0.809. The summed E-state index contributed by atoms with van der Waals surface area (Å²) in [6.45, 7) is 0. The number of rotatable bonds is 3. The summed E-state index contributed by atoms with van der Waals surface area (Å²) in [5.41, 5.74) is 4.95. The van der Waals surface area contributed by atoms with E-state index in [1.165, 1.54) is 12.3 Å². The molecular weight excluding hydrogens is 260 g/mol. The van der Waals surface area contributed by atoms with Crippen molar-refractivity contribution in [1.82, 2.24) is 15.8 Å². The Labute approximate surface area is 115 Å². The zero-order valence-corrected chi connectivity index (χ0v) is 11.1. The molecule has 0 aliphatic rings. The molecule has 0 atom stereocenters. The van der Waals surface area contributed by atoms with Crippen LogP contribution < -0.4 is 15.8 Å². The van der Waals surface area contributed by atoms with Crippen molar-refractivity contribution < 1.29 is 14.0 Å². The lowest BCUT2D eigenvalue weighted by atomic mass is 10.2. The molecule has 20 heavy (non-hydrogen) atoms. The third kappa shape index (κ3) is 2.94. The van der Waals surface area contributed by atoms with E-state index in [4.69, 9.17) is 4.42 Å². The minimum absolute atomic E-state index is 0.115. The Morgan fingerprint density at radius 1 is 1.15 bits per heavy atom. The molecule has 2 N–H and O–H groups in total. The minimum atomic E-state index is -0.529. The monoisotopic (exact) mass is 274 g/mol. The number of nitrogens with zero attached hydrogens (tertiary/aromatic N) is 2. The Hall–Kier alpha value is -2.83. The molecule has 0 aliphatic heterocycles. The van der Waals surface area contributed by atoms with Crippen LogP contribution in [0.1, 0.15) is 20.9 Å². The van der Waals surface area contributed by atoms with Gasteiger partial charge in [-0.2, -0.15) is 0 Å². The molecular formula is C13H14N4O3. The summed E-state index contributed by atoms with van der Waals surface area (Å²) >= 11 is 0. The number of amides is 2. The third-order valence-electron chi connectivity index (χ3n) is 2.49. The van der Waals surface area contributed by atoms with Crippen LogP contribution in [0, 0.1) is 0 Å². The Kier molecular flexibility index (Phi) is 3.99. The molecule has 0 saturated carbocycles. The van der Waals surface area contributed by atoms with Crippen LogP contribution in [0.5, 0.6) is 0 Å². The topological polar surface area (TPSA) is 87.5 Å². The van der Waals surface area contributed by atoms with Gasteiger partial charge in [0.1, 0.15) is 5.82 Å². The number of carbonyl (C=O) groups is 2. The molecule has 104 valence electrons. The van der Waals surface area contributed by atoms with Crippen molar-refractivity contribution in [2.75, 3.05) is 19.0 Å². The molecule has 2 aromatic rings. The number of hydrogen-bond acceptors (Lipinski definition) is 5. The smallest absolute Gasteiger partial charge is 0.305 e. The van der Waals surface area contributed by atoms with E-state index in [1.54, 1.807) is 43.4 Å². The zero-order valence-electron chi connectivity index (χ0n) is 11.1. The first-order chi connectivity index (χ1) is 9.59. The molecule has 0 spiro atoms. The number of hydrogen-bond donors (Lipinski definition) is 2. The van der Waals surface area contributed by atoms with E-state index in [1.807, 2.05) is 0 Å². The van der Waals surface area contributed by atoms with Gasteiger partial charge in [-0.1, -0.05) is 0 Å². The second-order valence-corrected chi connectivity index (χ2v) is 4.15. The van der Waals surface area contributed by atoms with Crippen molar-refractivity contribution in [2.45, 2.75) is 0 Å². The van der Waals surface area contributed by atoms with Crippen LogP contribution in [-0.2, 0) is 0 Å². The van der Waals surface area contributed by atoms with E-state index in [2.05, 4.69) is 15.8 Å². The second-order valence-electron chi connectivity index (χ2n) is 4.15. The first-order valence-electron chi connectivity index (χ1n) is 5.86. The predicted molar refractivity (Wildman–Crippen MR) is 72.2 cm³/mol. The molecule has 0 unspecified atom stereocenters. The van der Waals surface area contributed by atoms with Gasteiger partial charge in [0.2, 0.25) is 0 Å². The average Bonchev–Trinajstić information content (AvgIpc) is 2.98. The van der Waals surface area contributed by atoms with Crippen molar-refractivity contribution in [3.8, 4) is 0 Å². The first-order valence-corrected chi connectivity index (χ1v) is 5.86. The van der Waals surface area contributed by atoms with E-state index in [0.717, 1.165) is 0 Å². The number of anilines is 1. The lowest BCUT2D eigenvalue weighted by molar-refractivity contribution is 0.0831. The van der Waals surface area contributed by atoms with Crippen LogP contribution in [0.4, 0.5) is 5.82 Å². The van der Waals surface area contributed by atoms with Crippen LogP contribution in [-0.4, -0.2) is 30.9 Å². The number of hydrazine groups is 1. The Morgan fingerprint density at radius 3 is 2.55 bits per heavy atom. The summed E-state index contributed by atoms with van der Waals surface area (Å²) in [4.78, 5) is 29.5. The van der Waals surface area contributed by atoms with Gasteiger partial charge >= 0.3 is 5.91 Å². The molecule has 7 nitrogen and oxygen atoms in total. The number of furan rings is 1. The highest BCUT2D eigenvalue weighted by molar-refractivity contribution is 6.01. The van der Waals surface area contributed by atoms with E-state index < -0.39 is 11.8 Å². The molecule has 2 heterocycles. The summed E-state index contributed by atoms with van der Waals surface area (Å²) in [7, 11) is 3.56. The van der Waals surface area contributed by atoms with Crippen LogP contribution in [0.3, 0.4) is 0 Å². The van der Waals surface area contributed by atoms with Crippen molar-refractivity contribution in [1.29, 1.82) is 0 Å². The second kappa shape index (κ2) is 5.87. The lowest BCUT2D eigenvalue weighted by Crippen LogP contribution is -2.42. The Bertz CT molecular complexity index is 608. The summed E-state index contributed by atoms with van der Waals surface area (Å²) in [6.07, 6.45) is 2.97. The summed E-state index contributed by atoms with van der Waals surface area (Å²) in [5.74, 6) is -0.359. The summed E-state index contributed by atoms with van der Waals surface area (Å²) in [5, 5.41) is 0. The SMILES string of the molecule is CN(C)c1ncccc1C(=O)NNC(=O)c1ccco1. The van der Waals surface area contributed by atoms with Crippen molar-refractivity contribution in [3.63, 3.8) is 0 Å². The van der Waals surface area contributed by atoms with Gasteiger partial charge in [-0.3, -0.25) is 20.4 Å². The van der Waals surface area contributed by atoms with E-state index in [9.17, 15) is 9.59 Å². The molecule has 7 heteroatoms. The molecule has 0 saturated heterocycles. The molecule has 2 rings (SSSR count). The van der Waals surface area contributed by atoms with Gasteiger partial charge in [0.25, 0.3) is 5.91 Å². The van der Waals surface area contributed by atoms with Gasteiger partial charge in [-0.25, -0.2) is 4.98 Å². The number of carbonyl (C=O) groups excluding carboxylic acids is 2. The highest BCUT2D eigenvalue weighted by Gasteiger charge is 2.15. The highest BCUT2D eigenvalue weighted by Crippen LogP contribution is 2.13. The predicted octanol–water partition coefficient (Wildman–Crippen LogP) is 0.815. The molecule has 0 aliphatic carbocycles. The maximum Gasteiger partial charge on any atom is 0.305 e. The fourth-order valence-electron chi connectivity index (χ4n) is 1.58. The summed E-state index contributed by atoms with van der Waals surface area (Å²) in [6, 6.07) is 6.35. The van der Waals surface area contributed by atoms with E-state index in [0.29, 0.717) is 11.4 Å². The van der Waals surface area contributed by atoms with E-state index >= 15 is 0 Å². The van der Waals surface area contributed by atoms with E-state index in [-0.39, 0.29) is 5.76 Å². The maximum atomic E-state index is 12.0. The normalized spacial score (nSPS) is 9.90. The largest absolute Gasteiger partial charge is 0.459 e. The average molecular weight is 274 g/mol. The third-order valence-corrected chi connectivity index (χ3v) is 2.49. The van der Waals surface area contributed by atoms with Crippen LogP contribution in [0.25, 0.3) is 0 Å². The van der Waals surface area contributed by atoms with Gasteiger partial charge in [0.05, 0.1) is 11.8 Å². The number of pyridine rings is 1. The fraction of sp³-hybridized carbons (Fsp3) is 0.154. The first kappa shape index (κ1) is 13.6. The number of nitrogens with one attached hydrogen (secondary N) is 2. The summed E-state index contributed by atoms with van der Waals surface area (Å²) < 4.78 is 4.91. The minimum Gasteiger partial charge on any atom is -0.459 e. The van der Waals surface area contributed by atoms with Gasteiger partial charge in [0, 0.05) is 20.3 Å². The van der Waals surface area contributed by atoms with Crippen LogP contribution in [0.15, 0.2) is 41.1 Å². The molecule has 0 radical (unpaired) electrons. The van der Waals surface area contributed by atoms with Crippen LogP contribution in [0.2, 0.25) is 0 Å².